The van der Waals surface area contributed by atoms with Gasteiger partial charge in [-0.25, -0.2) is 14.2 Å². The summed E-state index contributed by atoms with van der Waals surface area (Å²) < 4.78 is 67.5. The largest absolute Gasteiger partial charge is 0.494 e. The Hall–Kier alpha value is -4.09. The molecule has 14 heteroatoms. The molecular weight excluding hydrogens is 614 g/mol. The lowest BCUT2D eigenvalue weighted by atomic mass is 10.0. The topological polar surface area (TPSA) is 110 Å². The van der Waals surface area contributed by atoms with E-state index < -0.39 is 42.4 Å². The number of amides is 2. The van der Waals surface area contributed by atoms with Gasteiger partial charge in [0.1, 0.15) is 28.9 Å². The fraction of sp³-hybridized carbons (Fsp3) is 0.452. The number of primary amides is 1. The SMILES string of the molecule is COc1cc(C(N)=O)ncc1N(CC#Cc1sc2c(N[C@@H]3CCN(C)C[C@@H]3F)cccc2c1CC(F)(F)F)C(=O)OC(C)(C)C. The maximum Gasteiger partial charge on any atom is 0.415 e. The number of hydrogen-bond donors (Lipinski definition) is 2. The second-order valence-corrected chi connectivity index (χ2v) is 12.7. The van der Waals surface area contributed by atoms with E-state index in [-0.39, 0.29) is 40.7 Å². The van der Waals surface area contributed by atoms with Crippen molar-refractivity contribution in [2.75, 3.05) is 44.0 Å². The third kappa shape index (κ3) is 8.55. The normalized spacial score (nSPS) is 17.4. The molecule has 45 heavy (non-hydrogen) atoms. The number of methoxy groups -OCH3 is 1. The van der Waals surface area contributed by atoms with E-state index in [0.29, 0.717) is 28.7 Å². The van der Waals surface area contributed by atoms with Crippen LogP contribution in [0.2, 0.25) is 0 Å². The molecule has 2 aromatic heterocycles. The Morgan fingerprint density at radius 3 is 2.62 bits per heavy atom. The minimum atomic E-state index is -4.52. The maximum atomic E-state index is 14.8. The summed E-state index contributed by atoms with van der Waals surface area (Å²) in [5, 5.41) is 3.58. The van der Waals surface area contributed by atoms with Crippen LogP contribution in [0.4, 0.5) is 33.7 Å². The summed E-state index contributed by atoms with van der Waals surface area (Å²) in [6, 6.07) is 5.72. The third-order valence-electron chi connectivity index (χ3n) is 6.94. The van der Waals surface area contributed by atoms with Crippen molar-refractivity contribution >= 4 is 44.8 Å². The van der Waals surface area contributed by atoms with Crippen molar-refractivity contribution in [3.8, 4) is 17.6 Å². The van der Waals surface area contributed by atoms with Crippen molar-refractivity contribution in [2.24, 2.45) is 5.73 Å². The number of alkyl halides is 4. The average Bonchev–Trinajstić information content (AvgIpc) is 3.27. The van der Waals surface area contributed by atoms with Gasteiger partial charge in [-0.05, 0) is 51.3 Å². The molecule has 9 nitrogen and oxygen atoms in total. The van der Waals surface area contributed by atoms with Crippen molar-refractivity contribution in [1.82, 2.24) is 9.88 Å². The molecule has 242 valence electrons. The first-order valence-corrected chi connectivity index (χ1v) is 14.9. The van der Waals surface area contributed by atoms with Gasteiger partial charge >= 0.3 is 12.3 Å². The minimum absolute atomic E-state index is 0.00676. The number of nitrogens with two attached hydrogens (primary N) is 1. The fourth-order valence-corrected chi connectivity index (χ4v) is 6.05. The number of ether oxygens (including phenoxy) is 2. The van der Waals surface area contributed by atoms with Crippen molar-refractivity contribution in [2.45, 2.75) is 57.6 Å². The number of nitrogens with one attached hydrogen (secondary N) is 1. The Bertz CT molecular complexity index is 1630. The molecule has 0 saturated carbocycles. The Labute approximate surface area is 262 Å². The van der Waals surface area contributed by atoms with Gasteiger partial charge in [0, 0.05) is 19.2 Å². The van der Waals surface area contributed by atoms with E-state index in [0.717, 1.165) is 16.2 Å². The van der Waals surface area contributed by atoms with Crippen LogP contribution in [-0.4, -0.2) is 79.7 Å². The van der Waals surface area contributed by atoms with Crippen LogP contribution in [0.3, 0.4) is 0 Å². The summed E-state index contributed by atoms with van der Waals surface area (Å²) in [6.45, 7) is 5.64. The molecule has 1 saturated heterocycles. The Morgan fingerprint density at radius 2 is 2.00 bits per heavy atom. The number of anilines is 2. The number of benzene rings is 1. The predicted molar refractivity (Wildman–Crippen MR) is 166 cm³/mol. The van der Waals surface area contributed by atoms with Crippen LogP contribution < -0.4 is 20.7 Å². The van der Waals surface area contributed by atoms with Gasteiger partial charge in [0.15, 0.2) is 0 Å². The first-order valence-electron chi connectivity index (χ1n) is 14.1. The van der Waals surface area contributed by atoms with E-state index in [1.807, 2.05) is 11.9 Å². The van der Waals surface area contributed by atoms with Crippen molar-refractivity contribution < 1.29 is 36.6 Å². The third-order valence-corrected chi connectivity index (χ3v) is 8.14. The molecule has 1 aliphatic rings. The van der Waals surface area contributed by atoms with E-state index in [4.69, 9.17) is 15.2 Å². The zero-order valence-electron chi connectivity index (χ0n) is 25.5. The summed E-state index contributed by atoms with van der Waals surface area (Å²) in [6.07, 6.45) is -5.95. The molecule has 1 aliphatic heterocycles. The lowest BCUT2D eigenvalue weighted by molar-refractivity contribution is -0.126. The molecule has 0 radical (unpaired) electrons. The molecule has 3 N–H and O–H groups in total. The number of thiophene rings is 1. The molecule has 0 bridgehead atoms. The predicted octanol–water partition coefficient (Wildman–Crippen LogP) is 5.76. The monoisotopic (exact) mass is 649 g/mol. The molecule has 1 aromatic carbocycles. The van der Waals surface area contributed by atoms with Gasteiger partial charge in [-0.3, -0.25) is 9.69 Å². The van der Waals surface area contributed by atoms with Gasteiger partial charge in [-0.15, -0.1) is 11.3 Å². The number of fused-ring (bicyclic) bond motifs is 1. The van der Waals surface area contributed by atoms with Crippen LogP contribution in [-0.2, 0) is 11.2 Å². The number of hydrogen-bond acceptors (Lipinski definition) is 8. The number of carbonyl (C=O) groups excluding carboxylic acids is 2. The number of halogens is 4. The Morgan fingerprint density at radius 1 is 1.27 bits per heavy atom. The highest BCUT2D eigenvalue weighted by Gasteiger charge is 2.32. The minimum Gasteiger partial charge on any atom is -0.494 e. The quantitative estimate of drug-likeness (QED) is 0.248. The molecule has 3 heterocycles. The number of rotatable bonds is 7. The molecule has 2 amide bonds. The highest BCUT2D eigenvalue weighted by Crippen LogP contribution is 2.39. The average molecular weight is 650 g/mol. The van der Waals surface area contributed by atoms with Crippen LogP contribution in [0.15, 0.2) is 30.5 Å². The highest BCUT2D eigenvalue weighted by atomic mass is 32.1. The number of carbonyl (C=O) groups is 2. The van der Waals surface area contributed by atoms with E-state index in [1.165, 1.54) is 19.4 Å². The van der Waals surface area contributed by atoms with Gasteiger partial charge in [-0.1, -0.05) is 24.0 Å². The van der Waals surface area contributed by atoms with Gasteiger partial charge < -0.3 is 25.4 Å². The number of likely N-dealkylation sites (tertiary alicyclic amines) is 1. The lowest BCUT2D eigenvalue weighted by Gasteiger charge is -2.33. The Balaban J connectivity index is 1.74. The zero-order chi connectivity index (χ0) is 33.1. The summed E-state index contributed by atoms with van der Waals surface area (Å²) >= 11 is 1.07. The molecule has 3 aromatic rings. The second kappa shape index (κ2) is 13.5. The molecule has 0 aliphatic carbocycles. The number of piperidine rings is 1. The zero-order valence-corrected chi connectivity index (χ0v) is 26.4. The van der Waals surface area contributed by atoms with Crippen LogP contribution >= 0.6 is 11.3 Å². The Kier molecular flexibility index (Phi) is 10.1. The van der Waals surface area contributed by atoms with Crippen LogP contribution in [0.5, 0.6) is 5.75 Å². The smallest absolute Gasteiger partial charge is 0.415 e. The van der Waals surface area contributed by atoms with E-state index in [1.54, 1.807) is 39.0 Å². The second-order valence-electron chi connectivity index (χ2n) is 11.7. The van der Waals surface area contributed by atoms with Gasteiger partial charge in [0.25, 0.3) is 5.91 Å². The molecular formula is C31H35F4N5O4S. The van der Waals surface area contributed by atoms with Gasteiger partial charge in [0.2, 0.25) is 0 Å². The van der Waals surface area contributed by atoms with Crippen LogP contribution in [0.25, 0.3) is 10.1 Å². The molecule has 0 unspecified atom stereocenters. The van der Waals surface area contributed by atoms with Gasteiger partial charge in [-0.2, -0.15) is 13.2 Å². The summed E-state index contributed by atoms with van der Waals surface area (Å²) in [5.74, 6) is 4.92. The van der Waals surface area contributed by atoms with Crippen molar-refractivity contribution in [1.29, 1.82) is 0 Å². The summed E-state index contributed by atoms with van der Waals surface area (Å²) in [7, 11) is 3.16. The summed E-state index contributed by atoms with van der Waals surface area (Å²) in [4.78, 5) is 32.0. The van der Waals surface area contributed by atoms with Crippen LogP contribution in [0, 0.1) is 11.8 Å². The van der Waals surface area contributed by atoms with E-state index in [9.17, 15) is 27.2 Å². The van der Waals surface area contributed by atoms with E-state index in [2.05, 4.69) is 22.1 Å². The number of nitrogens with zero attached hydrogens (tertiary/aromatic N) is 3. The summed E-state index contributed by atoms with van der Waals surface area (Å²) in [5.41, 5.74) is 4.98. The molecule has 1 fully saturated rings. The number of pyridine rings is 1. The van der Waals surface area contributed by atoms with Crippen LogP contribution in [0.1, 0.15) is 48.1 Å². The van der Waals surface area contributed by atoms with E-state index >= 15 is 0 Å². The van der Waals surface area contributed by atoms with Gasteiger partial charge in [0.05, 0.1) is 47.6 Å². The lowest BCUT2D eigenvalue weighted by Crippen LogP contribution is -2.46. The highest BCUT2D eigenvalue weighted by molar-refractivity contribution is 7.20. The first-order chi connectivity index (χ1) is 21.1. The first kappa shape index (κ1) is 33.8. The maximum absolute atomic E-state index is 14.8. The molecule has 2 atom stereocenters. The molecule has 4 rings (SSSR count). The molecule has 0 spiro atoms. The fourth-order valence-electron chi connectivity index (χ4n) is 4.87. The standard InChI is InChI=1S/C31H35F4N5O4S/c1-30(2,3)44-29(42)40(24-16-37-23(28(36)41)14-25(24)43-5)12-7-10-26-19(15-31(33,34)35)18-8-6-9-22(27(18)45-26)38-21-11-13-39(4)17-20(21)32/h6,8-9,14,16,20-21,38H,11-13,15,17H2,1-5H3,(H2,36,41)/t20-,21+/m0/s1. The number of aromatic nitrogens is 1. The van der Waals surface area contributed by atoms with Crippen molar-refractivity contribution in [3.05, 3.63) is 46.6 Å². The van der Waals surface area contributed by atoms with Crippen molar-refractivity contribution in [3.63, 3.8) is 0 Å².